The molecule has 0 radical (unpaired) electrons. The van der Waals surface area contributed by atoms with Crippen LogP contribution in [0.3, 0.4) is 0 Å². The molecule has 0 saturated carbocycles. The molecule has 3 aromatic heterocycles. The molecular weight excluding hydrogens is 398 g/mol. The molecule has 0 amide bonds. The van der Waals surface area contributed by atoms with E-state index in [-0.39, 0.29) is 19.8 Å². The number of rotatable bonds is 6. The van der Waals surface area contributed by atoms with Gasteiger partial charge in [-0.2, -0.15) is 9.47 Å². The van der Waals surface area contributed by atoms with E-state index in [0.29, 0.717) is 22.2 Å². The Hall–Kier alpha value is -2.17. The number of hydrogen-bond acceptors (Lipinski definition) is 7. The van der Waals surface area contributed by atoms with Gasteiger partial charge in [0.2, 0.25) is 12.4 Å². The highest BCUT2D eigenvalue weighted by Gasteiger charge is 2.47. The molecule has 1 aliphatic heterocycles. The van der Waals surface area contributed by atoms with E-state index >= 15 is 0 Å². The second kappa shape index (κ2) is 7.10. The van der Waals surface area contributed by atoms with Crippen LogP contribution in [0.4, 0.5) is 19.7 Å². The van der Waals surface area contributed by atoms with Crippen LogP contribution in [0.25, 0.3) is 11.3 Å². The zero-order valence-corrected chi connectivity index (χ0v) is 15.8. The number of nitrogens with zero attached hydrogens (tertiary/aromatic N) is 5. The van der Waals surface area contributed by atoms with Crippen molar-refractivity contribution < 1.29 is 13.5 Å². The van der Waals surface area contributed by atoms with Gasteiger partial charge in [0.1, 0.15) is 5.00 Å². The number of ether oxygens (including phenoxy) is 1. The summed E-state index contributed by atoms with van der Waals surface area (Å²) in [4.78, 5) is 8.59. The maximum atomic E-state index is 13.3. The molecule has 0 spiro atoms. The van der Waals surface area contributed by atoms with E-state index in [4.69, 9.17) is 16.3 Å². The number of halogens is 3. The van der Waals surface area contributed by atoms with Crippen molar-refractivity contribution in [2.75, 3.05) is 18.5 Å². The van der Waals surface area contributed by atoms with Crippen LogP contribution in [0.5, 0.6) is 0 Å². The minimum atomic E-state index is -2.47. The molecule has 1 aliphatic rings. The Balaban J connectivity index is 1.56. The third kappa shape index (κ3) is 3.64. The van der Waals surface area contributed by atoms with Crippen molar-refractivity contribution >= 4 is 34.1 Å². The van der Waals surface area contributed by atoms with E-state index in [9.17, 15) is 8.78 Å². The Morgan fingerprint density at radius 3 is 2.85 bits per heavy atom. The summed E-state index contributed by atoms with van der Waals surface area (Å²) < 4.78 is 37.2. The van der Waals surface area contributed by atoms with Crippen LogP contribution in [0, 0.1) is 12.3 Å². The summed E-state index contributed by atoms with van der Waals surface area (Å²) in [5.74, 6) is 0.363. The summed E-state index contributed by atoms with van der Waals surface area (Å²) in [7, 11) is 0. The fourth-order valence-electron chi connectivity index (χ4n) is 2.71. The Kier molecular flexibility index (Phi) is 4.79. The second-order valence-corrected chi connectivity index (χ2v) is 7.64. The van der Waals surface area contributed by atoms with E-state index < -0.39 is 11.8 Å². The molecule has 142 valence electrons. The van der Waals surface area contributed by atoms with Crippen molar-refractivity contribution in [2.45, 2.75) is 19.9 Å². The maximum absolute atomic E-state index is 13.3. The number of anilines is 2. The predicted octanol–water partition coefficient (Wildman–Crippen LogP) is 3.78. The zero-order valence-electron chi connectivity index (χ0n) is 14.2. The van der Waals surface area contributed by atoms with Gasteiger partial charge in [-0.25, -0.2) is 18.7 Å². The molecule has 27 heavy (non-hydrogen) atoms. The van der Waals surface area contributed by atoms with E-state index in [2.05, 4.69) is 24.8 Å². The lowest BCUT2D eigenvalue weighted by Crippen LogP contribution is -2.51. The Morgan fingerprint density at radius 2 is 2.22 bits per heavy atom. The molecule has 0 bridgehead atoms. The summed E-state index contributed by atoms with van der Waals surface area (Å²) in [5.41, 5.74) is 0.800. The topological polar surface area (TPSA) is 77.8 Å². The first-order chi connectivity index (χ1) is 12.9. The van der Waals surface area contributed by atoms with Crippen molar-refractivity contribution in [3.05, 3.63) is 35.4 Å². The molecule has 3 aromatic rings. The third-order valence-corrected chi connectivity index (χ3v) is 5.31. The summed E-state index contributed by atoms with van der Waals surface area (Å²) in [6.45, 7) is 2.01. The molecule has 1 N–H and O–H groups in total. The molecule has 0 aliphatic carbocycles. The van der Waals surface area contributed by atoms with Gasteiger partial charge in [-0.1, -0.05) is 11.6 Å². The zero-order chi connectivity index (χ0) is 19.0. The van der Waals surface area contributed by atoms with E-state index in [1.165, 1.54) is 22.4 Å². The van der Waals surface area contributed by atoms with Gasteiger partial charge < -0.3 is 10.1 Å². The summed E-state index contributed by atoms with van der Waals surface area (Å²) in [6.07, 6.45) is 2.21. The van der Waals surface area contributed by atoms with Crippen LogP contribution < -0.4 is 5.32 Å². The van der Waals surface area contributed by atoms with Gasteiger partial charge in [-0.3, -0.25) is 4.68 Å². The first-order valence-electron chi connectivity index (χ1n) is 8.07. The molecule has 0 atom stereocenters. The van der Waals surface area contributed by atoms with Crippen molar-refractivity contribution in [3.63, 3.8) is 0 Å². The monoisotopic (exact) mass is 412 g/mol. The molecule has 4 rings (SSSR count). The average Bonchev–Trinajstić information content (AvgIpc) is 3.21. The first kappa shape index (κ1) is 18.2. The lowest BCUT2D eigenvalue weighted by atomic mass is 9.86. The van der Waals surface area contributed by atoms with Crippen LogP contribution >= 0.6 is 23.1 Å². The highest BCUT2D eigenvalue weighted by atomic mass is 35.5. The second-order valence-electron chi connectivity index (χ2n) is 6.43. The van der Waals surface area contributed by atoms with Crippen LogP contribution in [0.15, 0.2) is 24.7 Å². The summed E-state index contributed by atoms with van der Waals surface area (Å²) >= 11 is 7.53. The fourth-order valence-corrected chi connectivity index (χ4v) is 3.56. The third-order valence-electron chi connectivity index (χ3n) is 4.23. The molecule has 11 heteroatoms. The molecule has 0 aromatic carbocycles. The van der Waals surface area contributed by atoms with E-state index in [1.807, 2.05) is 13.0 Å². The minimum absolute atomic E-state index is 0.0243. The number of aromatic nitrogens is 5. The van der Waals surface area contributed by atoms with Gasteiger partial charge in [0.25, 0.3) is 0 Å². The van der Waals surface area contributed by atoms with Gasteiger partial charge in [-0.05, 0) is 24.5 Å². The molecular formula is C16H15ClF2N6OS. The molecule has 1 saturated heterocycles. The Labute approximate surface area is 162 Å². The van der Waals surface area contributed by atoms with Crippen LogP contribution in [-0.4, -0.2) is 43.8 Å². The highest BCUT2D eigenvalue weighted by molar-refractivity contribution is 7.10. The van der Waals surface area contributed by atoms with Gasteiger partial charge >= 0.3 is 0 Å². The smallest absolute Gasteiger partial charge is 0.250 e. The van der Waals surface area contributed by atoms with Gasteiger partial charge in [-0.15, -0.1) is 0 Å². The fraction of sp³-hybridized carbons (Fsp3) is 0.375. The number of hydrogen-bond donors (Lipinski definition) is 1. The Morgan fingerprint density at radius 1 is 1.41 bits per heavy atom. The van der Waals surface area contributed by atoms with Crippen LogP contribution in [0.1, 0.15) is 5.69 Å². The Bertz CT molecular complexity index is 958. The maximum Gasteiger partial charge on any atom is 0.250 e. The van der Waals surface area contributed by atoms with Gasteiger partial charge in [0.15, 0.2) is 0 Å². The van der Waals surface area contributed by atoms with Crippen molar-refractivity contribution in [1.29, 1.82) is 0 Å². The lowest BCUT2D eigenvalue weighted by molar-refractivity contribution is -0.193. The molecule has 4 heterocycles. The predicted molar refractivity (Wildman–Crippen MR) is 97.7 cm³/mol. The lowest BCUT2D eigenvalue weighted by Gasteiger charge is -2.40. The molecule has 7 nitrogen and oxygen atoms in total. The van der Waals surface area contributed by atoms with Crippen LogP contribution in [0.2, 0.25) is 5.02 Å². The van der Waals surface area contributed by atoms with E-state index in [0.717, 1.165) is 10.7 Å². The van der Waals surface area contributed by atoms with Crippen LogP contribution in [-0.2, 0) is 11.3 Å². The van der Waals surface area contributed by atoms with Crippen molar-refractivity contribution in [3.8, 4) is 11.3 Å². The van der Waals surface area contributed by atoms with Crippen molar-refractivity contribution in [2.24, 2.45) is 5.41 Å². The van der Waals surface area contributed by atoms with E-state index in [1.54, 1.807) is 12.4 Å². The SMILES string of the molecule is Cc1cc(Nc2ncc(Cl)c(-c3cnn(CC4(C(F)F)COC4)c3)n2)sn1. The minimum Gasteiger partial charge on any atom is -0.380 e. The number of alkyl halides is 2. The van der Waals surface area contributed by atoms with Crippen molar-refractivity contribution in [1.82, 2.24) is 24.1 Å². The summed E-state index contributed by atoms with van der Waals surface area (Å²) in [6, 6.07) is 1.88. The molecule has 0 unspecified atom stereocenters. The normalized spacial score (nSPS) is 15.7. The standard InChI is InChI=1S/C16H15ClF2N6OS/c1-9-2-12(27-24-9)22-15-20-4-11(17)13(23-15)10-3-21-25(5-10)6-16(14(18)19)7-26-8-16/h2-5,14H,6-8H2,1H3,(H,20,22,23). The summed E-state index contributed by atoms with van der Waals surface area (Å²) in [5, 5.41) is 8.40. The molecule has 1 fully saturated rings. The first-order valence-corrected chi connectivity index (χ1v) is 9.22. The van der Waals surface area contributed by atoms with Gasteiger partial charge in [0, 0.05) is 11.8 Å². The van der Waals surface area contributed by atoms with Gasteiger partial charge in [0.05, 0.1) is 54.0 Å². The number of nitrogens with one attached hydrogen (secondary N) is 1. The quantitative estimate of drug-likeness (QED) is 0.663. The average molecular weight is 413 g/mol. The largest absolute Gasteiger partial charge is 0.380 e. The highest BCUT2D eigenvalue weighted by Crippen LogP contribution is 2.36. The number of aryl methyl sites for hydroxylation is 1.